The van der Waals surface area contributed by atoms with E-state index in [1.54, 1.807) is 38.1 Å². The Morgan fingerprint density at radius 2 is 0.952 bits per heavy atom. The second-order valence-electron chi connectivity index (χ2n) is 9.44. The molecule has 0 radical (unpaired) electrons. The fraction of sp³-hybridized carbons (Fsp3) is 0.400. The maximum atomic E-state index is 12.2. The van der Waals surface area contributed by atoms with E-state index < -0.39 is 12.2 Å². The number of hydrogen-bond donors (Lipinski definition) is 2. The van der Waals surface area contributed by atoms with E-state index in [9.17, 15) is 28.8 Å². The summed E-state index contributed by atoms with van der Waals surface area (Å²) in [6, 6.07) is 9.32. The van der Waals surface area contributed by atoms with E-state index in [0.717, 1.165) is 25.7 Å². The van der Waals surface area contributed by atoms with Crippen LogP contribution in [0.25, 0.3) is 0 Å². The normalized spacial score (nSPS) is 13.3. The molecule has 224 valence electrons. The summed E-state index contributed by atoms with van der Waals surface area (Å²) in [6.45, 7) is 8.77. The van der Waals surface area contributed by atoms with Gasteiger partial charge in [0, 0.05) is 24.5 Å². The van der Waals surface area contributed by atoms with Crippen LogP contribution in [0.4, 0.5) is 21.0 Å². The van der Waals surface area contributed by atoms with Gasteiger partial charge in [0.2, 0.25) is 0 Å². The quantitative estimate of drug-likeness (QED) is 0.359. The van der Waals surface area contributed by atoms with E-state index in [0.29, 0.717) is 46.7 Å². The number of imide groups is 2. The van der Waals surface area contributed by atoms with E-state index in [1.165, 1.54) is 21.9 Å². The van der Waals surface area contributed by atoms with Gasteiger partial charge in [-0.05, 0) is 63.1 Å². The van der Waals surface area contributed by atoms with Crippen molar-refractivity contribution in [2.75, 3.05) is 36.9 Å². The lowest BCUT2D eigenvalue weighted by Gasteiger charge is -2.12. The van der Waals surface area contributed by atoms with Gasteiger partial charge in [-0.25, -0.2) is 9.59 Å². The van der Waals surface area contributed by atoms with Gasteiger partial charge in [0.25, 0.3) is 23.6 Å². The number of rotatable bonds is 10. The zero-order valence-corrected chi connectivity index (χ0v) is 24.3. The molecule has 12 heteroatoms. The molecule has 0 atom stereocenters. The molecule has 12 nitrogen and oxygen atoms in total. The van der Waals surface area contributed by atoms with Gasteiger partial charge in [-0.1, -0.05) is 26.7 Å². The lowest BCUT2D eigenvalue weighted by Crippen LogP contribution is -2.30. The van der Waals surface area contributed by atoms with Gasteiger partial charge in [0.15, 0.2) is 0 Å². The van der Waals surface area contributed by atoms with Crippen LogP contribution in [0, 0.1) is 0 Å². The van der Waals surface area contributed by atoms with Crippen LogP contribution in [0.5, 0.6) is 0 Å². The third kappa shape index (κ3) is 7.31. The van der Waals surface area contributed by atoms with E-state index in [4.69, 9.17) is 9.47 Å². The Morgan fingerprint density at radius 3 is 1.29 bits per heavy atom. The molecule has 0 aromatic heterocycles. The highest BCUT2D eigenvalue weighted by molar-refractivity contribution is 6.22. The van der Waals surface area contributed by atoms with Gasteiger partial charge in [-0.2, -0.15) is 0 Å². The number of benzene rings is 2. The third-order valence-corrected chi connectivity index (χ3v) is 6.46. The van der Waals surface area contributed by atoms with Gasteiger partial charge < -0.3 is 9.47 Å². The van der Waals surface area contributed by atoms with Gasteiger partial charge >= 0.3 is 12.2 Å². The first kappa shape index (κ1) is 31.8. The van der Waals surface area contributed by atoms with Crippen LogP contribution in [0.2, 0.25) is 0 Å². The fourth-order valence-electron chi connectivity index (χ4n) is 4.35. The standard InChI is InChI=1S/2C15H18N2O4/c2*1-3-5-8-17-13(18)11-7-6-10(9-12(11)14(17)19)16-15(20)21-4-2/h2*6-7,9H,3-5,8H2,1-2H3,(H,16,20). The summed E-state index contributed by atoms with van der Waals surface area (Å²) in [5, 5.41) is 5.05. The number of hydrogen-bond acceptors (Lipinski definition) is 8. The topological polar surface area (TPSA) is 151 Å². The summed E-state index contributed by atoms with van der Waals surface area (Å²) in [7, 11) is 0. The van der Waals surface area contributed by atoms with Crippen molar-refractivity contribution in [2.24, 2.45) is 0 Å². The van der Waals surface area contributed by atoms with E-state index in [2.05, 4.69) is 10.6 Å². The molecule has 0 bridgehead atoms. The Hall–Kier alpha value is -4.74. The summed E-state index contributed by atoms with van der Waals surface area (Å²) in [4.78, 5) is 74.0. The van der Waals surface area contributed by atoms with Crippen LogP contribution in [0.3, 0.4) is 0 Å². The molecule has 4 rings (SSSR count). The molecule has 0 fully saturated rings. The molecular formula is C30H36N4O8. The molecule has 2 aromatic carbocycles. The minimum atomic E-state index is -0.586. The van der Waals surface area contributed by atoms with E-state index >= 15 is 0 Å². The maximum absolute atomic E-state index is 12.2. The minimum absolute atomic E-state index is 0.263. The molecule has 0 saturated carbocycles. The van der Waals surface area contributed by atoms with Gasteiger partial charge in [0.1, 0.15) is 0 Å². The second-order valence-corrected chi connectivity index (χ2v) is 9.44. The molecule has 2 aliphatic rings. The highest BCUT2D eigenvalue weighted by Crippen LogP contribution is 2.27. The molecule has 2 aromatic rings. The number of nitrogens with one attached hydrogen (secondary N) is 2. The first-order valence-corrected chi connectivity index (χ1v) is 14.0. The van der Waals surface area contributed by atoms with Crippen molar-refractivity contribution in [3.8, 4) is 0 Å². The first-order valence-electron chi connectivity index (χ1n) is 14.0. The molecular weight excluding hydrogens is 544 g/mol. The maximum Gasteiger partial charge on any atom is 0.411 e. The highest BCUT2D eigenvalue weighted by atomic mass is 16.6. The molecule has 2 aliphatic heterocycles. The van der Waals surface area contributed by atoms with Crippen LogP contribution >= 0.6 is 0 Å². The third-order valence-electron chi connectivity index (χ3n) is 6.46. The number of nitrogens with zero attached hydrogens (tertiary/aromatic N) is 2. The Bertz CT molecular complexity index is 1270. The van der Waals surface area contributed by atoms with E-state index in [-0.39, 0.29) is 36.8 Å². The van der Waals surface area contributed by atoms with Gasteiger partial charge in [-0.3, -0.25) is 39.6 Å². The molecule has 2 heterocycles. The number of anilines is 2. The lowest BCUT2D eigenvalue weighted by molar-refractivity contribution is 0.0636. The molecule has 6 amide bonds. The molecule has 0 spiro atoms. The average Bonchev–Trinajstić information content (AvgIpc) is 3.34. The Morgan fingerprint density at radius 1 is 0.595 bits per heavy atom. The van der Waals surface area contributed by atoms with Crippen molar-refractivity contribution in [2.45, 2.75) is 53.4 Å². The van der Waals surface area contributed by atoms with Crippen LogP contribution < -0.4 is 10.6 Å². The van der Waals surface area contributed by atoms with Crippen LogP contribution in [0.15, 0.2) is 36.4 Å². The zero-order valence-electron chi connectivity index (χ0n) is 24.3. The van der Waals surface area contributed by atoms with Crippen molar-refractivity contribution in [1.29, 1.82) is 0 Å². The fourth-order valence-corrected chi connectivity index (χ4v) is 4.35. The van der Waals surface area contributed by atoms with Crippen LogP contribution in [0.1, 0.15) is 94.8 Å². The predicted molar refractivity (Wildman–Crippen MR) is 155 cm³/mol. The number of carbonyl (C=O) groups excluding carboxylic acids is 6. The smallest absolute Gasteiger partial charge is 0.411 e. The summed E-state index contributed by atoms with van der Waals surface area (Å²) in [6.07, 6.45) is 2.19. The van der Waals surface area contributed by atoms with Crippen molar-refractivity contribution in [3.63, 3.8) is 0 Å². The van der Waals surface area contributed by atoms with Crippen LogP contribution in [-0.4, -0.2) is 71.9 Å². The summed E-state index contributed by atoms with van der Waals surface area (Å²) in [5.41, 5.74) is 2.28. The second kappa shape index (κ2) is 14.8. The van der Waals surface area contributed by atoms with Gasteiger partial charge in [0.05, 0.1) is 35.5 Å². The molecule has 0 aliphatic carbocycles. The average molecular weight is 581 g/mol. The zero-order chi connectivity index (χ0) is 30.8. The Balaban J connectivity index is 0.000000230. The van der Waals surface area contributed by atoms with Crippen molar-refractivity contribution >= 4 is 47.2 Å². The number of ether oxygens (including phenoxy) is 2. The number of fused-ring (bicyclic) bond motifs is 2. The monoisotopic (exact) mass is 580 g/mol. The summed E-state index contributed by atoms with van der Waals surface area (Å²) >= 11 is 0. The lowest BCUT2D eigenvalue weighted by atomic mass is 10.1. The first-order chi connectivity index (χ1) is 20.2. The SMILES string of the molecule is CCCCN1C(=O)c2ccc(NC(=O)OCC)cc2C1=O.CCCCN1C(=O)c2ccc(NC(=O)OCC)cc2C1=O. The molecule has 2 N–H and O–H groups in total. The minimum Gasteiger partial charge on any atom is -0.450 e. The van der Waals surface area contributed by atoms with Crippen molar-refractivity contribution in [3.05, 3.63) is 58.7 Å². The predicted octanol–water partition coefficient (Wildman–Crippen LogP) is 5.30. The largest absolute Gasteiger partial charge is 0.450 e. The molecule has 0 unspecified atom stereocenters. The number of carbonyl (C=O) groups is 6. The summed E-state index contributed by atoms with van der Waals surface area (Å²) < 4.78 is 9.55. The van der Waals surface area contributed by atoms with E-state index in [1.807, 2.05) is 13.8 Å². The number of amides is 6. The van der Waals surface area contributed by atoms with Crippen molar-refractivity contribution < 1.29 is 38.2 Å². The molecule has 42 heavy (non-hydrogen) atoms. The Kier molecular flexibility index (Phi) is 11.2. The summed E-state index contributed by atoms with van der Waals surface area (Å²) in [5.74, 6) is -1.16. The highest BCUT2D eigenvalue weighted by Gasteiger charge is 2.36. The Labute approximate surface area is 244 Å². The van der Waals surface area contributed by atoms with Crippen molar-refractivity contribution in [1.82, 2.24) is 9.80 Å². The number of unbranched alkanes of at least 4 members (excludes halogenated alkanes) is 2. The van der Waals surface area contributed by atoms with Crippen LogP contribution in [-0.2, 0) is 9.47 Å². The molecule has 0 saturated heterocycles. The van der Waals surface area contributed by atoms with Gasteiger partial charge in [-0.15, -0.1) is 0 Å².